The van der Waals surface area contributed by atoms with Crippen molar-refractivity contribution in [2.24, 2.45) is 0 Å². The predicted octanol–water partition coefficient (Wildman–Crippen LogP) is 0.0263. The molecule has 0 aromatic carbocycles. The van der Waals surface area contributed by atoms with Crippen LogP contribution >= 0.6 is 0 Å². The highest BCUT2D eigenvalue weighted by Crippen LogP contribution is 2.09. The summed E-state index contributed by atoms with van der Waals surface area (Å²) in [6.45, 7) is 0.738. The lowest BCUT2D eigenvalue weighted by Crippen LogP contribution is -2.42. The first-order valence-corrected chi connectivity index (χ1v) is 2.86. The Labute approximate surface area is 47.7 Å². The van der Waals surface area contributed by atoms with E-state index in [9.17, 15) is 4.39 Å². The van der Waals surface area contributed by atoms with Crippen LogP contribution in [0.3, 0.4) is 0 Å². The van der Waals surface area contributed by atoms with Gasteiger partial charge >= 0.3 is 0 Å². The van der Waals surface area contributed by atoms with E-state index in [1.54, 1.807) is 0 Å². The molecular weight excluding hydrogens is 109 g/mol. The molecule has 1 saturated heterocycles. The summed E-state index contributed by atoms with van der Waals surface area (Å²) in [7, 11) is 0. The van der Waals surface area contributed by atoms with Crippen molar-refractivity contribution in [3.63, 3.8) is 0 Å². The molecule has 0 saturated carbocycles. The average Bonchev–Trinajstić information content (AvgIpc) is 1.77. The zero-order valence-corrected chi connectivity index (χ0v) is 4.60. The number of hydrogen-bond acceptors (Lipinski definition) is 2. The molecule has 1 aliphatic rings. The summed E-state index contributed by atoms with van der Waals surface area (Å²) < 4.78 is 12.3. The molecule has 0 amide bonds. The Balaban J connectivity index is 2.28. The Morgan fingerprint density at radius 3 is 2.75 bits per heavy atom. The molecule has 0 radical (unpaired) electrons. The normalized spacial score (nSPS) is 39.8. The highest BCUT2D eigenvalue weighted by molar-refractivity contribution is 4.71. The molecule has 2 N–H and O–H groups in total. The number of halogens is 1. The van der Waals surface area contributed by atoms with E-state index in [0.29, 0.717) is 6.42 Å². The van der Waals surface area contributed by atoms with E-state index in [0.717, 1.165) is 13.0 Å². The second-order valence-electron chi connectivity index (χ2n) is 2.06. The van der Waals surface area contributed by atoms with E-state index in [2.05, 4.69) is 5.32 Å². The topological polar surface area (TPSA) is 32.3 Å². The Bertz CT molecular complexity index is 68.8. The van der Waals surface area contributed by atoms with Gasteiger partial charge in [-0.2, -0.15) is 0 Å². The summed E-state index contributed by atoms with van der Waals surface area (Å²) in [5.41, 5.74) is 0. The van der Waals surface area contributed by atoms with Gasteiger partial charge in [-0.05, 0) is 19.4 Å². The van der Waals surface area contributed by atoms with Crippen molar-refractivity contribution in [3.05, 3.63) is 0 Å². The molecule has 0 bridgehead atoms. The van der Waals surface area contributed by atoms with Crippen LogP contribution in [-0.4, -0.2) is 24.1 Å². The van der Waals surface area contributed by atoms with Crippen molar-refractivity contribution >= 4 is 0 Å². The summed E-state index contributed by atoms with van der Waals surface area (Å²) in [4.78, 5) is 0. The molecule has 48 valence electrons. The van der Waals surface area contributed by atoms with Gasteiger partial charge in [-0.3, -0.25) is 5.32 Å². The van der Waals surface area contributed by atoms with Gasteiger partial charge in [0.25, 0.3) is 0 Å². The number of nitrogens with one attached hydrogen (secondary N) is 1. The highest BCUT2D eigenvalue weighted by atomic mass is 19.1. The maximum absolute atomic E-state index is 12.3. The molecule has 2 nitrogen and oxygen atoms in total. The van der Waals surface area contributed by atoms with Crippen LogP contribution in [0.25, 0.3) is 0 Å². The molecule has 1 aliphatic heterocycles. The second kappa shape index (κ2) is 2.42. The third-order valence-corrected chi connectivity index (χ3v) is 1.35. The number of rotatable bonds is 0. The van der Waals surface area contributed by atoms with E-state index >= 15 is 0 Å². The van der Waals surface area contributed by atoms with Crippen LogP contribution in [0.2, 0.25) is 0 Å². The smallest absolute Gasteiger partial charge is 0.139 e. The fraction of sp³-hybridized carbons (Fsp3) is 1.00. The summed E-state index contributed by atoms with van der Waals surface area (Å²) in [5, 5.41) is 11.3. The summed E-state index contributed by atoms with van der Waals surface area (Å²) in [6, 6.07) is 0. The lowest BCUT2D eigenvalue weighted by molar-refractivity contribution is 0.0266. The zero-order valence-electron chi connectivity index (χ0n) is 4.60. The number of aliphatic hydroxyl groups excluding tert-OH is 1. The van der Waals surface area contributed by atoms with Crippen molar-refractivity contribution in [3.8, 4) is 0 Å². The van der Waals surface area contributed by atoms with Crippen molar-refractivity contribution in [2.75, 3.05) is 6.54 Å². The first-order valence-electron chi connectivity index (χ1n) is 2.86. The van der Waals surface area contributed by atoms with Gasteiger partial charge in [0.2, 0.25) is 0 Å². The molecule has 3 heteroatoms. The number of hydrogen-bond donors (Lipinski definition) is 2. The van der Waals surface area contributed by atoms with Crippen LogP contribution in [0.1, 0.15) is 12.8 Å². The quantitative estimate of drug-likeness (QED) is 0.471. The van der Waals surface area contributed by atoms with Crippen LogP contribution < -0.4 is 5.32 Å². The lowest BCUT2D eigenvalue weighted by Gasteiger charge is -2.21. The van der Waals surface area contributed by atoms with Gasteiger partial charge in [0, 0.05) is 0 Å². The van der Waals surface area contributed by atoms with Gasteiger partial charge in [-0.25, -0.2) is 4.39 Å². The van der Waals surface area contributed by atoms with E-state index < -0.39 is 12.4 Å². The van der Waals surface area contributed by atoms with Crippen molar-refractivity contribution in [1.29, 1.82) is 0 Å². The summed E-state index contributed by atoms with van der Waals surface area (Å²) in [5.74, 6) is 0. The minimum Gasteiger partial charge on any atom is -0.376 e. The fourth-order valence-electron chi connectivity index (χ4n) is 0.833. The van der Waals surface area contributed by atoms with Crippen molar-refractivity contribution in [2.45, 2.75) is 25.2 Å². The van der Waals surface area contributed by atoms with Crippen LogP contribution in [0.4, 0.5) is 4.39 Å². The SMILES string of the molecule is O[C@H]1NCCC[C@H]1F. The molecule has 0 aromatic heterocycles. The molecule has 0 aromatic rings. The number of aliphatic hydroxyl groups is 1. The van der Waals surface area contributed by atoms with E-state index in [1.807, 2.05) is 0 Å². The summed E-state index contributed by atoms with van der Waals surface area (Å²) >= 11 is 0. The molecule has 0 aliphatic carbocycles. The first kappa shape index (κ1) is 5.98. The Morgan fingerprint density at radius 2 is 2.38 bits per heavy atom. The third kappa shape index (κ3) is 1.17. The molecule has 1 fully saturated rings. The molecular formula is C5H10FNO. The van der Waals surface area contributed by atoms with Gasteiger partial charge in [0.15, 0.2) is 0 Å². The third-order valence-electron chi connectivity index (χ3n) is 1.35. The lowest BCUT2D eigenvalue weighted by atomic mass is 10.1. The molecule has 8 heavy (non-hydrogen) atoms. The minimum absolute atomic E-state index is 0.494. The van der Waals surface area contributed by atoms with E-state index in [1.165, 1.54) is 0 Å². The Kier molecular flexibility index (Phi) is 1.81. The van der Waals surface area contributed by atoms with Crippen LogP contribution in [-0.2, 0) is 0 Å². The number of piperidine rings is 1. The Hall–Kier alpha value is -0.150. The largest absolute Gasteiger partial charge is 0.376 e. The zero-order chi connectivity index (χ0) is 5.98. The molecule has 2 atom stereocenters. The molecule has 1 heterocycles. The monoisotopic (exact) mass is 119 g/mol. The van der Waals surface area contributed by atoms with E-state index in [-0.39, 0.29) is 0 Å². The van der Waals surface area contributed by atoms with Crippen LogP contribution in [0, 0.1) is 0 Å². The maximum Gasteiger partial charge on any atom is 0.139 e. The molecule has 0 spiro atoms. The summed E-state index contributed by atoms with van der Waals surface area (Å²) in [6.07, 6.45) is -0.639. The van der Waals surface area contributed by atoms with Crippen LogP contribution in [0.15, 0.2) is 0 Å². The standard InChI is InChI=1S/C5H10FNO/c6-4-2-1-3-7-5(4)8/h4-5,7-8H,1-3H2/t4-,5-/m1/s1. The van der Waals surface area contributed by atoms with Gasteiger partial charge in [-0.15, -0.1) is 0 Å². The maximum atomic E-state index is 12.3. The van der Waals surface area contributed by atoms with Crippen molar-refractivity contribution in [1.82, 2.24) is 5.32 Å². The second-order valence-corrected chi connectivity index (χ2v) is 2.06. The van der Waals surface area contributed by atoms with Gasteiger partial charge < -0.3 is 5.11 Å². The molecule has 1 rings (SSSR count). The van der Waals surface area contributed by atoms with Gasteiger partial charge in [-0.1, -0.05) is 0 Å². The Morgan fingerprint density at radius 1 is 1.62 bits per heavy atom. The van der Waals surface area contributed by atoms with E-state index in [4.69, 9.17) is 5.11 Å². The van der Waals surface area contributed by atoms with Crippen molar-refractivity contribution < 1.29 is 9.50 Å². The predicted molar refractivity (Wildman–Crippen MR) is 28.1 cm³/mol. The van der Waals surface area contributed by atoms with Gasteiger partial charge in [0.05, 0.1) is 0 Å². The minimum atomic E-state index is -1.05. The fourth-order valence-corrected chi connectivity index (χ4v) is 0.833. The average molecular weight is 119 g/mol. The highest BCUT2D eigenvalue weighted by Gasteiger charge is 2.20. The number of alkyl halides is 1. The molecule has 0 unspecified atom stereocenters. The first-order chi connectivity index (χ1) is 3.80. The van der Waals surface area contributed by atoms with Gasteiger partial charge in [0.1, 0.15) is 12.4 Å². The van der Waals surface area contributed by atoms with Crippen LogP contribution in [0.5, 0.6) is 0 Å².